The average Bonchev–Trinajstić information content (AvgIpc) is 3.23. The zero-order valence-electron chi connectivity index (χ0n) is 14.9. The molecule has 5 nitrogen and oxygen atoms in total. The van der Waals surface area contributed by atoms with E-state index >= 15 is 0 Å². The molecule has 5 heteroatoms. The molecule has 25 heavy (non-hydrogen) atoms. The second kappa shape index (κ2) is 6.90. The number of benzene rings is 1. The summed E-state index contributed by atoms with van der Waals surface area (Å²) in [6.07, 6.45) is 8.74. The SMILES string of the molecule is CN(c1ccc(C(=O)Nc2cc3n(n2)CCC3)cc1)C1CCCCC1. The van der Waals surface area contributed by atoms with E-state index in [1.807, 2.05) is 22.9 Å². The number of amides is 1. The van der Waals surface area contributed by atoms with E-state index in [0.717, 1.165) is 19.4 Å². The predicted molar refractivity (Wildman–Crippen MR) is 100 cm³/mol. The summed E-state index contributed by atoms with van der Waals surface area (Å²) in [7, 11) is 2.16. The van der Waals surface area contributed by atoms with Gasteiger partial charge in [0.15, 0.2) is 5.82 Å². The number of carbonyl (C=O) groups is 1. The maximum Gasteiger partial charge on any atom is 0.256 e. The van der Waals surface area contributed by atoms with Gasteiger partial charge in [0.25, 0.3) is 5.91 Å². The lowest BCUT2D eigenvalue weighted by Gasteiger charge is -2.33. The Kier molecular flexibility index (Phi) is 4.47. The van der Waals surface area contributed by atoms with Crippen LogP contribution < -0.4 is 10.2 Å². The Morgan fingerprint density at radius 2 is 1.92 bits per heavy atom. The lowest BCUT2D eigenvalue weighted by molar-refractivity contribution is 0.102. The Labute approximate surface area is 149 Å². The number of carbonyl (C=O) groups excluding carboxylic acids is 1. The molecule has 1 aliphatic carbocycles. The van der Waals surface area contributed by atoms with Gasteiger partial charge in [-0.15, -0.1) is 0 Å². The van der Waals surface area contributed by atoms with Crippen molar-refractivity contribution in [1.29, 1.82) is 0 Å². The number of nitrogens with zero attached hydrogens (tertiary/aromatic N) is 3. The number of anilines is 2. The Hall–Kier alpha value is -2.30. The average molecular weight is 338 g/mol. The van der Waals surface area contributed by atoms with Gasteiger partial charge in [0.05, 0.1) is 0 Å². The Morgan fingerprint density at radius 3 is 2.64 bits per heavy atom. The van der Waals surface area contributed by atoms with Crippen molar-refractivity contribution < 1.29 is 4.79 Å². The minimum atomic E-state index is -0.0938. The van der Waals surface area contributed by atoms with Gasteiger partial charge >= 0.3 is 0 Å². The van der Waals surface area contributed by atoms with Crippen LogP contribution in [0.5, 0.6) is 0 Å². The summed E-state index contributed by atoms with van der Waals surface area (Å²) in [5, 5.41) is 7.35. The molecule has 132 valence electrons. The van der Waals surface area contributed by atoms with Crippen LogP contribution in [0.2, 0.25) is 0 Å². The highest BCUT2D eigenvalue weighted by molar-refractivity contribution is 6.03. The van der Waals surface area contributed by atoms with E-state index in [-0.39, 0.29) is 5.91 Å². The van der Waals surface area contributed by atoms with E-state index < -0.39 is 0 Å². The molecule has 4 rings (SSSR count). The van der Waals surface area contributed by atoms with Crippen molar-refractivity contribution >= 4 is 17.4 Å². The molecule has 1 amide bonds. The molecule has 1 aromatic heterocycles. The summed E-state index contributed by atoms with van der Waals surface area (Å²) in [5.41, 5.74) is 3.07. The summed E-state index contributed by atoms with van der Waals surface area (Å²) in [6, 6.07) is 10.5. The topological polar surface area (TPSA) is 50.2 Å². The van der Waals surface area contributed by atoms with Gasteiger partial charge in [-0.05, 0) is 49.9 Å². The first-order chi connectivity index (χ1) is 12.2. The standard InChI is InChI=1S/C20H26N4O/c1-23(16-6-3-2-4-7-16)17-11-9-15(10-12-17)20(25)21-19-14-18-8-5-13-24(18)22-19/h9-12,14,16H,2-8,13H2,1H3,(H,21,22,25). The Balaban J connectivity index is 1.41. The number of rotatable bonds is 4. The highest BCUT2D eigenvalue weighted by Gasteiger charge is 2.19. The van der Waals surface area contributed by atoms with Crippen LogP contribution in [0.1, 0.15) is 54.6 Å². The van der Waals surface area contributed by atoms with Gasteiger partial charge in [0.2, 0.25) is 0 Å². The molecule has 2 aliphatic rings. The van der Waals surface area contributed by atoms with Crippen molar-refractivity contribution in [2.75, 3.05) is 17.3 Å². The van der Waals surface area contributed by atoms with Crippen LogP contribution in [0, 0.1) is 0 Å². The number of hydrogen-bond acceptors (Lipinski definition) is 3. The molecular weight excluding hydrogens is 312 g/mol. The van der Waals surface area contributed by atoms with E-state index in [9.17, 15) is 4.79 Å². The van der Waals surface area contributed by atoms with Crippen LogP contribution in [0.15, 0.2) is 30.3 Å². The molecular formula is C20H26N4O. The zero-order chi connectivity index (χ0) is 17.2. The van der Waals surface area contributed by atoms with Crippen molar-refractivity contribution in [3.8, 4) is 0 Å². The van der Waals surface area contributed by atoms with Crippen molar-refractivity contribution in [1.82, 2.24) is 9.78 Å². The molecule has 2 aromatic rings. The van der Waals surface area contributed by atoms with Gasteiger partial charge in [-0.1, -0.05) is 19.3 Å². The first kappa shape index (κ1) is 16.2. The maximum atomic E-state index is 12.4. The summed E-state index contributed by atoms with van der Waals surface area (Å²) in [4.78, 5) is 14.8. The quantitative estimate of drug-likeness (QED) is 0.921. The van der Waals surface area contributed by atoms with Crippen molar-refractivity contribution in [2.45, 2.75) is 57.5 Å². The minimum absolute atomic E-state index is 0.0938. The molecule has 1 saturated carbocycles. The fourth-order valence-electron chi connectivity index (χ4n) is 4.04. The summed E-state index contributed by atoms with van der Waals surface area (Å²) in [5.74, 6) is 0.562. The molecule has 0 radical (unpaired) electrons. The first-order valence-corrected chi connectivity index (χ1v) is 9.42. The van der Waals surface area contributed by atoms with Gasteiger partial charge < -0.3 is 10.2 Å². The molecule has 0 spiro atoms. The number of aryl methyl sites for hydroxylation is 2. The lowest BCUT2D eigenvalue weighted by atomic mass is 9.94. The van der Waals surface area contributed by atoms with E-state index in [1.54, 1.807) is 0 Å². The van der Waals surface area contributed by atoms with Crippen LogP contribution in [0.3, 0.4) is 0 Å². The number of aromatic nitrogens is 2. The smallest absolute Gasteiger partial charge is 0.256 e. The largest absolute Gasteiger partial charge is 0.372 e. The molecule has 1 aliphatic heterocycles. The second-order valence-corrected chi connectivity index (χ2v) is 7.25. The molecule has 1 fully saturated rings. The molecule has 0 saturated heterocycles. The van der Waals surface area contributed by atoms with Gasteiger partial charge in [-0.3, -0.25) is 9.48 Å². The molecule has 1 aromatic carbocycles. The Bertz CT molecular complexity index is 722. The highest BCUT2D eigenvalue weighted by Crippen LogP contribution is 2.26. The predicted octanol–water partition coefficient (Wildman–Crippen LogP) is 3.85. The Morgan fingerprint density at radius 1 is 1.16 bits per heavy atom. The van der Waals surface area contributed by atoms with Gasteiger partial charge in [-0.25, -0.2) is 0 Å². The number of fused-ring (bicyclic) bond motifs is 1. The van der Waals surface area contributed by atoms with Crippen LogP contribution >= 0.6 is 0 Å². The summed E-state index contributed by atoms with van der Waals surface area (Å²) >= 11 is 0. The van der Waals surface area contributed by atoms with Crippen LogP contribution in [0.4, 0.5) is 11.5 Å². The minimum Gasteiger partial charge on any atom is -0.372 e. The van der Waals surface area contributed by atoms with Crippen molar-refractivity contribution in [2.24, 2.45) is 0 Å². The van der Waals surface area contributed by atoms with E-state index in [1.165, 1.54) is 43.5 Å². The summed E-state index contributed by atoms with van der Waals surface area (Å²) < 4.78 is 1.98. The second-order valence-electron chi connectivity index (χ2n) is 7.25. The maximum absolute atomic E-state index is 12.4. The first-order valence-electron chi connectivity index (χ1n) is 9.42. The van der Waals surface area contributed by atoms with Crippen LogP contribution in [-0.4, -0.2) is 28.8 Å². The third-order valence-corrected chi connectivity index (χ3v) is 5.57. The summed E-state index contributed by atoms with van der Waals surface area (Å²) in [6.45, 7) is 0.952. The van der Waals surface area contributed by atoms with Crippen LogP contribution in [-0.2, 0) is 13.0 Å². The third kappa shape index (κ3) is 3.41. The molecule has 2 heterocycles. The molecule has 0 bridgehead atoms. The monoisotopic (exact) mass is 338 g/mol. The number of nitrogens with one attached hydrogen (secondary N) is 1. The highest BCUT2D eigenvalue weighted by atomic mass is 16.1. The fourth-order valence-corrected chi connectivity index (χ4v) is 4.04. The van der Waals surface area contributed by atoms with E-state index in [2.05, 4.69) is 34.5 Å². The zero-order valence-corrected chi connectivity index (χ0v) is 14.9. The van der Waals surface area contributed by atoms with E-state index in [4.69, 9.17) is 0 Å². The number of hydrogen-bond donors (Lipinski definition) is 1. The molecule has 1 N–H and O–H groups in total. The lowest BCUT2D eigenvalue weighted by Crippen LogP contribution is -2.33. The van der Waals surface area contributed by atoms with Crippen molar-refractivity contribution in [3.63, 3.8) is 0 Å². The third-order valence-electron chi connectivity index (χ3n) is 5.57. The van der Waals surface area contributed by atoms with Gasteiger partial charge in [-0.2, -0.15) is 5.10 Å². The molecule has 0 unspecified atom stereocenters. The normalized spacial score (nSPS) is 17.3. The molecule has 0 atom stereocenters. The van der Waals surface area contributed by atoms with E-state index in [0.29, 0.717) is 17.4 Å². The fraction of sp³-hybridized carbons (Fsp3) is 0.500. The van der Waals surface area contributed by atoms with Gasteiger partial charge in [0.1, 0.15) is 0 Å². The van der Waals surface area contributed by atoms with Gasteiger partial charge in [0, 0.05) is 42.6 Å². The van der Waals surface area contributed by atoms with Crippen molar-refractivity contribution in [3.05, 3.63) is 41.6 Å². The van der Waals surface area contributed by atoms with Crippen LogP contribution in [0.25, 0.3) is 0 Å².